The Labute approximate surface area is 123 Å². The lowest BCUT2D eigenvalue weighted by Crippen LogP contribution is -2.26. The normalized spacial score (nSPS) is 10.1. The van der Waals surface area contributed by atoms with Crippen molar-refractivity contribution < 1.29 is 9.53 Å². The van der Waals surface area contributed by atoms with Crippen LogP contribution in [0.25, 0.3) is 0 Å². The molecule has 4 heteroatoms. The molecule has 0 saturated heterocycles. The summed E-state index contributed by atoms with van der Waals surface area (Å²) in [4.78, 5) is 13.4. The van der Waals surface area contributed by atoms with Crippen LogP contribution < -0.4 is 0 Å². The van der Waals surface area contributed by atoms with Gasteiger partial charge >= 0.3 is 6.09 Å². The Balaban J connectivity index is 1.86. The van der Waals surface area contributed by atoms with Crippen LogP contribution >= 0.6 is 11.6 Å². The Morgan fingerprint density at radius 1 is 1.10 bits per heavy atom. The van der Waals surface area contributed by atoms with Gasteiger partial charge < -0.3 is 9.64 Å². The molecule has 1 amide bonds. The van der Waals surface area contributed by atoms with E-state index in [2.05, 4.69) is 0 Å². The first kappa shape index (κ1) is 14.4. The van der Waals surface area contributed by atoms with Crippen LogP contribution in [0.2, 0.25) is 5.02 Å². The van der Waals surface area contributed by atoms with Crippen molar-refractivity contribution in [2.45, 2.75) is 13.2 Å². The van der Waals surface area contributed by atoms with Gasteiger partial charge in [0.2, 0.25) is 0 Å². The molecule has 0 saturated carbocycles. The molecule has 0 atom stereocenters. The van der Waals surface area contributed by atoms with Crippen molar-refractivity contribution in [3.63, 3.8) is 0 Å². The van der Waals surface area contributed by atoms with Gasteiger partial charge in [-0.2, -0.15) is 0 Å². The van der Waals surface area contributed by atoms with Crippen LogP contribution in [0.1, 0.15) is 11.1 Å². The van der Waals surface area contributed by atoms with E-state index in [1.165, 1.54) is 4.90 Å². The van der Waals surface area contributed by atoms with Crippen molar-refractivity contribution in [3.05, 3.63) is 70.7 Å². The molecule has 0 aliphatic carbocycles. The standard InChI is InChI=1S/C16H16ClNO2/c1-18(11-14-8-5-9-15(17)10-14)16(19)20-12-13-6-3-2-4-7-13/h2-10H,11-12H2,1H3. The average Bonchev–Trinajstić information content (AvgIpc) is 2.46. The Bertz CT molecular complexity index is 572. The summed E-state index contributed by atoms with van der Waals surface area (Å²) in [5.74, 6) is 0. The number of rotatable bonds is 4. The summed E-state index contributed by atoms with van der Waals surface area (Å²) in [7, 11) is 1.70. The zero-order valence-electron chi connectivity index (χ0n) is 11.3. The fraction of sp³-hybridized carbons (Fsp3) is 0.188. The highest BCUT2D eigenvalue weighted by Crippen LogP contribution is 2.12. The van der Waals surface area contributed by atoms with Crippen LogP contribution in [-0.4, -0.2) is 18.0 Å². The summed E-state index contributed by atoms with van der Waals surface area (Å²) in [5, 5.41) is 0.661. The number of carbonyl (C=O) groups excluding carboxylic acids is 1. The molecular formula is C16H16ClNO2. The maximum Gasteiger partial charge on any atom is 0.410 e. The zero-order chi connectivity index (χ0) is 14.4. The largest absolute Gasteiger partial charge is 0.445 e. The molecule has 20 heavy (non-hydrogen) atoms. The molecule has 2 aromatic rings. The predicted molar refractivity (Wildman–Crippen MR) is 79.5 cm³/mol. The van der Waals surface area contributed by atoms with Gasteiger partial charge in [0.1, 0.15) is 6.61 Å². The number of nitrogens with zero attached hydrogens (tertiary/aromatic N) is 1. The van der Waals surface area contributed by atoms with E-state index < -0.39 is 0 Å². The Hall–Kier alpha value is -2.00. The lowest BCUT2D eigenvalue weighted by molar-refractivity contribution is 0.103. The molecule has 0 unspecified atom stereocenters. The van der Waals surface area contributed by atoms with E-state index >= 15 is 0 Å². The fourth-order valence-electron chi connectivity index (χ4n) is 1.80. The lowest BCUT2D eigenvalue weighted by Gasteiger charge is -2.17. The number of amides is 1. The lowest BCUT2D eigenvalue weighted by atomic mass is 10.2. The van der Waals surface area contributed by atoms with E-state index in [0.717, 1.165) is 11.1 Å². The van der Waals surface area contributed by atoms with Crippen LogP contribution in [-0.2, 0) is 17.9 Å². The molecule has 0 aromatic heterocycles. The third-order valence-corrected chi connectivity index (χ3v) is 3.06. The van der Waals surface area contributed by atoms with Gasteiger partial charge in [-0.15, -0.1) is 0 Å². The van der Waals surface area contributed by atoms with E-state index in [1.54, 1.807) is 13.1 Å². The van der Waals surface area contributed by atoms with Crippen LogP contribution in [0.3, 0.4) is 0 Å². The van der Waals surface area contributed by atoms with E-state index in [1.807, 2.05) is 48.5 Å². The summed E-state index contributed by atoms with van der Waals surface area (Å²) >= 11 is 5.91. The van der Waals surface area contributed by atoms with Crippen molar-refractivity contribution in [1.29, 1.82) is 0 Å². The molecule has 0 fully saturated rings. The van der Waals surface area contributed by atoms with E-state index in [-0.39, 0.29) is 12.7 Å². The van der Waals surface area contributed by atoms with Gasteiger partial charge in [-0.3, -0.25) is 0 Å². The minimum absolute atomic E-state index is 0.277. The van der Waals surface area contributed by atoms with Crippen molar-refractivity contribution in [3.8, 4) is 0 Å². The molecule has 0 spiro atoms. The number of hydrogen-bond acceptors (Lipinski definition) is 2. The minimum atomic E-state index is -0.353. The van der Waals surface area contributed by atoms with Crippen LogP contribution in [0.4, 0.5) is 4.79 Å². The highest BCUT2D eigenvalue weighted by atomic mass is 35.5. The molecule has 2 aromatic carbocycles. The van der Waals surface area contributed by atoms with Gasteiger partial charge in [0.25, 0.3) is 0 Å². The Morgan fingerprint density at radius 3 is 2.50 bits per heavy atom. The highest BCUT2D eigenvalue weighted by Gasteiger charge is 2.10. The predicted octanol–water partition coefficient (Wildman–Crippen LogP) is 4.11. The van der Waals surface area contributed by atoms with Gasteiger partial charge in [0.15, 0.2) is 0 Å². The Kier molecular flexibility index (Phi) is 5.02. The van der Waals surface area contributed by atoms with Crippen LogP contribution in [0.15, 0.2) is 54.6 Å². The highest BCUT2D eigenvalue weighted by molar-refractivity contribution is 6.30. The van der Waals surface area contributed by atoms with Gasteiger partial charge in [0, 0.05) is 18.6 Å². The topological polar surface area (TPSA) is 29.5 Å². The summed E-state index contributed by atoms with van der Waals surface area (Å²) < 4.78 is 5.25. The molecule has 104 valence electrons. The molecular weight excluding hydrogens is 274 g/mol. The van der Waals surface area contributed by atoms with Gasteiger partial charge in [-0.1, -0.05) is 54.1 Å². The van der Waals surface area contributed by atoms with Crippen molar-refractivity contribution in [2.75, 3.05) is 7.05 Å². The Morgan fingerprint density at radius 2 is 1.80 bits per heavy atom. The summed E-state index contributed by atoms with van der Waals surface area (Å²) in [6.07, 6.45) is -0.353. The first-order chi connectivity index (χ1) is 9.65. The number of carbonyl (C=O) groups is 1. The molecule has 0 bridgehead atoms. The van der Waals surface area contributed by atoms with Crippen LogP contribution in [0.5, 0.6) is 0 Å². The van der Waals surface area contributed by atoms with E-state index in [0.29, 0.717) is 11.6 Å². The van der Waals surface area contributed by atoms with Gasteiger partial charge in [0.05, 0.1) is 0 Å². The second-order valence-corrected chi connectivity index (χ2v) is 4.96. The second kappa shape index (κ2) is 6.96. The molecule has 0 aliphatic heterocycles. The molecule has 0 heterocycles. The minimum Gasteiger partial charge on any atom is -0.445 e. The monoisotopic (exact) mass is 289 g/mol. The second-order valence-electron chi connectivity index (χ2n) is 4.53. The van der Waals surface area contributed by atoms with Gasteiger partial charge in [-0.25, -0.2) is 4.79 Å². The van der Waals surface area contributed by atoms with E-state index in [9.17, 15) is 4.79 Å². The maximum absolute atomic E-state index is 11.9. The molecule has 0 aliphatic rings. The molecule has 3 nitrogen and oxygen atoms in total. The maximum atomic E-state index is 11.9. The summed E-state index contributed by atoms with van der Waals surface area (Å²) in [6.45, 7) is 0.744. The fourth-order valence-corrected chi connectivity index (χ4v) is 2.02. The number of ether oxygens (including phenoxy) is 1. The summed E-state index contributed by atoms with van der Waals surface area (Å²) in [6, 6.07) is 17.0. The number of hydrogen-bond donors (Lipinski definition) is 0. The number of halogens is 1. The van der Waals surface area contributed by atoms with Crippen molar-refractivity contribution >= 4 is 17.7 Å². The SMILES string of the molecule is CN(Cc1cccc(Cl)c1)C(=O)OCc1ccccc1. The zero-order valence-corrected chi connectivity index (χ0v) is 12.0. The first-order valence-corrected chi connectivity index (χ1v) is 6.69. The van der Waals surface area contributed by atoms with Gasteiger partial charge in [-0.05, 0) is 23.3 Å². The van der Waals surface area contributed by atoms with Crippen LogP contribution in [0, 0.1) is 0 Å². The summed E-state index contributed by atoms with van der Waals surface area (Å²) in [5.41, 5.74) is 1.94. The average molecular weight is 290 g/mol. The quantitative estimate of drug-likeness (QED) is 0.848. The number of benzene rings is 2. The smallest absolute Gasteiger partial charge is 0.410 e. The van der Waals surface area contributed by atoms with Crippen molar-refractivity contribution in [1.82, 2.24) is 4.90 Å². The van der Waals surface area contributed by atoms with Crippen molar-refractivity contribution in [2.24, 2.45) is 0 Å². The first-order valence-electron chi connectivity index (χ1n) is 6.31. The van der Waals surface area contributed by atoms with E-state index in [4.69, 9.17) is 16.3 Å². The molecule has 0 N–H and O–H groups in total. The third-order valence-electron chi connectivity index (χ3n) is 2.83. The third kappa shape index (κ3) is 4.28. The molecule has 2 rings (SSSR count). The molecule has 0 radical (unpaired) electrons.